The van der Waals surface area contributed by atoms with Gasteiger partial charge >= 0.3 is 18.2 Å². The van der Waals surface area contributed by atoms with E-state index >= 15 is 0 Å². The molecule has 0 aliphatic heterocycles. The average Bonchev–Trinajstić information content (AvgIpc) is 2.45. The Morgan fingerprint density at radius 3 is 2.24 bits per heavy atom. The molecule has 0 aromatic heterocycles. The van der Waals surface area contributed by atoms with E-state index in [4.69, 9.17) is 10.5 Å². The first-order chi connectivity index (χ1) is 11.6. The molecular weight excluding hydrogens is 343 g/mol. The second-order valence-electron chi connectivity index (χ2n) is 5.06. The van der Waals surface area contributed by atoms with E-state index in [1.54, 1.807) is 6.92 Å². The van der Waals surface area contributed by atoms with Gasteiger partial charge in [-0.05, 0) is 24.6 Å². The summed E-state index contributed by atoms with van der Waals surface area (Å²) in [5.41, 5.74) is 4.48. The lowest BCUT2D eigenvalue weighted by Gasteiger charge is -2.20. The lowest BCUT2D eigenvalue weighted by Crippen LogP contribution is -2.43. The number of nitrogens with one attached hydrogen (secondary N) is 1. The van der Waals surface area contributed by atoms with Gasteiger partial charge in [-0.2, -0.15) is 13.2 Å². The van der Waals surface area contributed by atoms with Gasteiger partial charge in [0.05, 0.1) is 25.3 Å². The van der Waals surface area contributed by atoms with Gasteiger partial charge in [0.15, 0.2) is 0 Å². The molecule has 10 heteroatoms. The van der Waals surface area contributed by atoms with Crippen molar-refractivity contribution in [3.8, 4) is 0 Å². The maximum Gasteiger partial charge on any atom is 0.416 e. The fourth-order valence-corrected chi connectivity index (χ4v) is 1.99. The standard InChI is InChI=1S/C15H18F3N3O4/c1-2-25-13(23)9-21(8-12(22)20-14(19)24)7-10-3-5-11(6-4-10)15(16,17)18/h3-6H,2,7-9H2,1H3,(H3,19,20,22,24). The minimum absolute atomic E-state index is 0.00311. The van der Waals surface area contributed by atoms with Crippen LogP contribution in [0.5, 0.6) is 0 Å². The van der Waals surface area contributed by atoms with Crippen molar-refractivity contribution in [3.05, 3.63) is 35.4 Å². The van der Waals surface area contributed by atoms with Crippen LogP contribution < -0.4 is 11.1 Å². The Kier molecular flexibility index (Phi) is 7.37. The molecule has 0 spiro atoms. The predicted molar refractivity (Wildman–Crippen MR) is 81.1 cm³/mol. The molecule has 0 bridgehead atoms. The van der Waals surface area contributed by atoms with E-state index < -0.39 is 29.6 Å². The summed E-state index contributed by atoms with van der Waals surface area (Å²) >= 11 is 0. The summed E-state index contributed by atoms with van der Waals surface area (Å²) in [4.78, 5) is 35.2. The number of alkyl halides is 3. The van der Waals surface area contributed by atoms with Gasteiger partial charge in [-0.1, -0.05) is 12.1 Å². The molecule has 0 fully saturated rings. The number of hydrogen-bond acceptors (Lipinski definition) is 5. The highest BCUT2D eigenvalue weighted by atomic mass is 19.4. The van der Waals surface area contributed by atoms with Gasteiger partial charge in [0.1, 0.15) is 0 Å². The molecule has 0 unspecified atom stereocenters. The van der Waals surface area contributed by atoms with Crippen molar-refractivity contribution >= 4 is 17.9 Å². The first kappa shape index (κ1) is 20.4. The molecule has 1 aromatic carbocycles. The number of nitrogens with two attached hydrogens (primary N) is 1. The Labute approximate surface area is 141 Å². The third kappa shape index (κ3) is 7.66. The van der Waals surface area contributed by atoms with E-state index in [0.717, 1.165) is 12.1 Å². The van der Waals surface area contributed by atoms with Crippen LogP contribution in [-0.2, 0) is 27.0 Å². The summed E-state index contributed by atoms with van der Waals surface area (Å²) in [6.07, 6.45) is -4.45. The zero-order valence-electron chi connectivity index (χ0n) is 13.4. The Hall–Kier alpha value is -2.62. The number of halogens is 3. The fourth-order valence-electron chi connectivity index (χ4n) is 1.99. The summed E-state index contributed by atoms with van der Waals surface area (Å²) in [5.74, 6) is -1.36. The lowest BCUT2D eigenvalue weighted by molar-refractivity contribution is -0.144. The van der Waals surface area contributed by atoms with Gasteiger partial charge in [-0.25, -0.2) is 4.79 Å². The van der Waals surface area contributed by atoms with Crippen LogP contribution in [0, 0.1) is 0 Å². The van der Waals surface area contributed by atoms with Crippen LogP contribution in [-0.4, -0.2) is 42.5 Å². The summed E-state index contributed by atoms with van der Waals surface area (Å²) < 4.78 is 42.5. The molecule has 0 radical (unpaired) electrons. The van der Waals surface area contributed by atoms with Gasteiger partial charge in [-0.3, -0.25) is 19.8 Å². The van der Waals surface area contributed by atoms with Crippen molar-refractivity contribution in [2.75, 3.05) is 19.7 Å². The minimum atomic E-state index is -4.45. The molecule has 3 amide bonds. The number of primary amides is 1. The van der Waals surface area contributed by atoms with Crippen LogP contribution in [0.2, 0.25) is 0 Å². The third-order valence-corrected chi connectivity index (χ3v) is 2.98. The number of carbonyl (C=O) groups excluding carboxylic acids is 3. The first-order valence-electron chi connectivity index (χ1n) is 7.25. The molecule has 7 nitrogen and oxygen atoms in total. The fraction of sp³-hybridized carbons (Fsp3) is 0.400. The normalized spacial score (nSPS) is 11.2. The largest absolute Gasteiger partial charge is 0.465 e. The lowest BCUT2D eigenvalue weighted by atomic mass is 10.1. The van der Waals surface area contributed by atoms with E-state index in [0.29, 0.717) is 5.56 Å². The molecule has 0 heterocycles. The smallest absolute Gasteiger partial charge is 0.416 e. The maximum absolute atomic E-state index is 12.6. The second kappa shape index (κ2) is 9.02. The highest BCUT2D eigenvalue weighted by Crippen LogP contribution is 2.29. The van der Waals surface area contributed by atoms with Crippen molar-refractivity contribution in [3.63, 3.8) is 0 Å². The van der Waals surface area contributed by atoms with E-state index in [1.807, 2.05) is 5.32 Å². The highest BCUT2D eigenvalue weighted by molar-refractivity contribution is 5.94. The van der Waals surface area contributed by atoms with Gasteiger partial charge in [0, 0.05) is 6.54 Å². The van der Waals surface area contributed by atoms with E-state index in [2.05, 4.69) is 0 Å². The molecule has 1 rings (SSSR count). The molecule has 0 aliphatic rings. The molecule has 138 valence electrons. The van der Waals surface area contributed by atoms with Crippen molar-refractivity contribution in [1.82, 2.24) is 10.2 Å². The zero-order valence-corrected chi connectivity index (χ0v) is 13.4. The highest BCUT2D eigenvalue weighted by Gasteiger charge is 2.30. The zero-order chi connectivity index (χ0) is 19.0. The van der Waals surface area contributed by atoms with Crippen LogP contribution in [0.25, 0.3) is 0 Å². The molecule has 0 atom stereocenters. The van der Waals surface area contributed by atoms with Gasteiger partial charge in [0.25, 0.3) is 0 Å². The van der Waals surface area contributed by atoms with Gasteiger partial charge < -0.3 is 10.5 Å². The number of hydrogen-bond donors (Lipinski definition) is 2. The minimum Gasteiger partial charge on any atom is -0.465 e. The molecule has 25 heavy (non-hydrogen) atoms. The molecule has 0 saturated heterocycles. The monoisotopic (exact) mass is 361 g/mol. The Morgan fingerprint density at radius 2 is 1.76 bits per heavy atom. The maximum atomic E-state index is 12.6. The topological polar surface area (TPSA) is 102 Å². The number of carbonyl (C=O) groups is 3. The summed E-state index contributed by atoms with van der Waals surface area (Å²) in [7, 11) is 0. The van der Waals surface area contributed by atoms with Gasteiger partial charge in [0.2, 0.25) is 5.91 Å². The number of esters is 1. The van der Waals surface area contributed by atoms with Crippen LogP contribution in [0.1, 0.15) is 18.1 Å². The Balaban J connectivity index is 2.82. The quantitative estimate of drug-likeness (QED) is 0.712. The third-order valence-electron chi connectivity index (χ3n) is 2.98. The summed E-state index contributed by atoms with van der Waals surface area (Å²) in [6.45, 7) is 1.12. The molecular formula is C15H18F3N3O4. The summed E-state index contributed by atoms with van der Waals surface area (Å²) in [5, 5.41) is 1.85. The molecule has 1 aromatic rings. The van der Waals surface area contributed by atoms with Crippen LogP contribution in [0.3, 0.4) is 0 Å². The first-order valence-corrected chi connectivity index (χ1v) is 7.25. The van der Waals surface area contributed by atoms with E-state index in [-0.39, 0.29) is 26.2 Å². The number of amides is 3. The van der Waals surface area contributed by atoms with Crippen molar-refractivity contribution < 1.29 is 32.3 Å². The molecule has 0 aliphatic carbocycles. The molecule has 3 N–H and O–H groups in total. The number of urea groups is 1. The summed E-state index contributed by atoms with van der Waals surface area (Å²) in [6, 6.07) is 3.25. The second-order valence-corrected chi connectivity index (χ2v) is 5.06. The van der Waals surface area contributed by atoms with Gasteiger partial charge in [-0.15, -0.1) is 0 Å². The SMILES string of the molecule is CCOC(=O)CN(CC(=O)NC(N)=O)Cc1ccc(C(F)(F)F)cc1. The van der Waals surface area contributed by atoms with E-state index in [9.17, 15) is 27.6 Å². The van der Waals surface area contributed by atoms with Crippen molar-refractivity contribution in [1.29, 1.82) is 0 Å². The van der Waals surface area contributed by atoms with Crippen molar-refractivity contribution in [2.45, 2.75) is 19.6 Å². The van der Waals surface area contributed by atoms with Crippen LogP contribution >= 0.6 is 0 Å². The van der Waals surface area contributed by atoms with Crippen LogP contribution in [0.15, 0.2) is 24.3 Å². The Bertz CT molecular complexity index is 617. The number of nitrogens with zero attached hydrogens (tertiary/aromatic N) is 1. The molecule has 0 saturated carbocycles. The Morgan fingerprint density at radius 1 is 1.16 bits per heavy atom. The number of ether oxygens (including phenoxy) is 1. The average molecular weight is 361 g/mol. The number of rotatable bonds is 7. The van der Waals surface area contributed by atoms with E-state index in [1.165, 1.54) is 17.0 Å². The van der Waals surface area contributed by atoms with Crippen molar-refractivity contribution in [2.24, 2.45) is 5.73 Å². The number of imide groups is 1. The number of benzene rings is 1. The predicted octanol–water partition coefficient (Wildman–Crippen LogP) is 1.27. The van der Waals surface area contributed by atoms with Crippen LogP contribution in [0.4, 0.5) is 18.0 Å².